The molecule has 28 heavy (non-hydrogen) atoms. The molecule has 1 aromatic carbocycles. The normalized spacial score (nSPS) is 28.4. The second-order valence-electron chi connectivity index (χ2n) is 7.52. The van der Waals surface area contributed by atoms with Crippen molar-refractivity contribution >= 4 is 29.2 Å². The first-order valence-electron chi connectivity index (χ1n) is 9.44. The SMILES string of the molecule is NC(=O)c1cc(NC(=O)[C@@H]2[C@H](C(=O)O)[C@H]3C=C[C@H]2C3)ccc1N1CCOCC1. The van der Waals surface area contributed by atoms with Gasteiger partial charge in [0.15, 0.2) is 0 Å². The lowest BCUT2D eigenvalue weighted by atomic mass is 9.82. The standard InChI is InChI=1S/C20H23N3O5/c21-18(24)14-10-13(3-4-15(14)23-5-7-28-8-6-23)22-19(25)16-11-1-2-12(9-11)17(16)20(26)27/h1-4,10-12,16-17H,5-9H2,(H2,21,24)(H,22,25)(H,26,27)/t11-,12-,16-,17+/m0/s1. The van der Waals surface area contributed by atoms with Gasteiger partial charge in [-0.15, -0.1) is 0 Å². The monoisotopic (exact) mass is 385 g/mol. The van der Waals surface area contributed by atoms with Gasteiger partial charge in [0, 0.05) is 24.5 Å². The number of carbonyl (C=O) groups excluding carboxylic acids is 2. The maximum atomic E-state index is 12.8. The fourth-order valence-corrected chi connectivity index (χ4v) is 4.63. The van der Waals surface area contributed by atoms with Crippen LogP contribution in [-0.2, 0) is 14.3 Å². The summed E-state index contributed by atoms with van der Waals surface area (Å²) in [6.07, 6.45) is 4.53. The van der Waals surface area contributed by atoms with Crippen molar-refractivity contribution in [1.82, 2.24) is 0 Å². The number of carboxylic acid groups (broad SMARTS) is 1. The van der Waals surface area contributed by atoms with Gasteiger partial charge in [0.1, 0.15) is 0 Å². The minimum atomic E-state index is -0.947. The summed E-state index contributed by atoms with van der Waals surface area (Å²) in [7, 11) is 0. The van der Waals surface area contributed by atoms with E-state index in [9.17, 15) is 19.5 Å². The van der Waals surface area contributed by atoms with E-state index in [1.54, 1.807) is 18.2 Å². The number of rotatable bonds is 5. The van der Waals surface area contributed by atoms with Crippen LogP contribution in [0.2, 0.25) is 0 Å². The van der Waals surface area contributed by atoms with Crippen molar-refractivity contribution in [3.05, 3.63) is 35.9 Å². The van der Waals surface area contributed by atoms with Crippen LogP contribution in [0.4, 0.5) is 11.4 Å². The molecule has 2 amide bonds. The highest BCUT2D eigenvalue weighted by Gasteiger charge is 2.51. The average molecular weight is 385 g/mol. The fraction of sp³-hybridized carbons (Fsp3) is 0.450. The van der Waals surface area contributed by atoms with Crippen LogP contribution in [-0.4, -0.2) is 49.2 Å². The molecule has 1 saturated heterocycles. The van der Waals surface area contributed by atoms with Gasteiger partial charge in [-0.25, -0.2) is 0 Å². The van der Waals surface area contributed by atoms with Crippen molar-refractivity contribution in [3.63, 3.8) is 0 Å². The number of morpholine rings is 1. The van der Waals surface area contributed by atoms with Gasteiger partial charge in [-0.3, -0.25) is 14.4 Å². The molecule has 0 aromatic heterocycles. The van der Waals surface area contributed by atoms with E-state index < -0.39 is 23.7 Å². The summed E-state index contributed by atoms with van der Waals surface area (Å²) in [5.74, 6) is -3.33. The van der Waals surface area contributed by atoms with E-state index in [0.29, 0.717) is 49.7 Å². The Hall–Kier alpha value is -2.87. The number of fused-ring (bicyclic) bond motifs is 2. The highest BCUT2D eigenvalue weighted by Crippen LogP contribution is 2.48. The summed E-state index contributed by atoms with van der Waals surface area (Å²) in [4.78, 5) is 38.5. The first-order valence-corrected chi connectivity index (χ1v) is 9.44. The average Bonchev–Trinajstić information content (AvgIpc) is 3.30. The van der Waals surface area contributed by atoms with Crippen LogP contribution in [0.15, 0.2) is 30.4 Å². The van der Waals surface area contributed by atoms with Gasteiger partial charge in [-0.2, -0.15) is 0 Å². The molecule has 2 bridgehead atoms. The minimum Gasteiger partial charge on any atom is -0.481 e. The number of benzene rings is 1. The third-order valence-electron chi connectivity index (χ3n) is 5.93. The van der Waals surface area contributed by atoms with Crippen LogP contribution in [0, 0.1) is 23.7 Å². The Morgan fingerprint density at radius 1 is 1.11 bits per heavy atom. The summed E-state index contributed by atoms with van der Waals surface area (Å²) in [5.41, 5.74) is 7.02. The summed E-state index contributed by atoms with van der Waals surface area (Å²) >= 11 is 0. The minimum absolute atomic E-state index is 0.0608. The number of hydrogen-bond donors (Lipinski definition) is 3. The molecule has 0 spiro atoms. The number of allylic oxidation sites excluding steroid dienone is 2. The summed E-state index contributed by atoms with van der Waals surface area (Å²) in [6, 6.07) is 5.04. The molecule has 0 radical (unpaired) electrons. The number of nitrogens with one attached hydrogen (secondary N) is 1. The second kappa shape index (κ2) is 7.27. The number of carboxylic acids is 1. The van der Waals surface area contributed by atoms with E-state index >= 15 is 0 Å². The van der Waals surface area contributed by atoms with Gasteiger partial charge in [0.2, 0.25) is 5.91 Å². The summed E-state index contributed by atoms with van der Waals surface area (Å²) in [6.45, 7) is 2.46. The van der Waals surface area contributed by atoms with Crippen LogP contribution < -0.4 is 16.0 Å². The number of primary amides is 1. The van der Waals surface area contributed by atoms with Gasteiger partial charge in [0.25, 0.3) is 5.91 Å². The molecule has 3 aliphatic rings. The molecule has 4 atom stereocenters. The molecular weight excluding hydrogens is 362 g/mol. The first-order chi connectivity index (χ1) is 13.5. The van der Waals surface area contributed by atoms with Gasteiger partial charge < -0.3 is 25.8 Å². The van der Waals surface area contributed by atoms with Gasteiger partial charge >= 0.3 is 5.97 Å². The van der Waals surface area contributed by atoms with E-state index in [2.05, 4.69) is 5.32 Å². The highest BCUT2D eigenvalue weighted by atomic mass is 16.5. The predicted octanol–water partition coefficient (Wildman–Crippen LogP) is 1.08. The Bertz CT molecular complexity index is 846. The number of nitrogens with two attached hydrogens (primary N) is 1. The van der Waals surface area contributed by atoms with Crippen molar-refractivity contribution in [2.24, 2.45) is 29.4 Å². The highest BCUT2D eigenvalue weighted by molar-refractivity contribution is 6.02. The molecule has 8 heteroatoms. The van der Waals surface area contributed by atoms with E-state index in [1.165, 1.54) is 0 Å². The quantitative estimate of drug-likeness (QED) is 0.652. The van der Waals surface area contributed by atoms with E-state index in [0.717, 1.165) is 0 Å². The maximum Gasteiger partial charge on any atom is 0.307 e. The number of hydrogen-bond acceptors (Lipinski definition) is 5. The molecule has 1 heterocycles. The van der Waals surface area contributed by atoms with Gasteiger partial charge in [0.05, 0.1) is 30.6 Å². The summed E-state index contributed by atoms with van der Waals surface area (Å²) in [5, 5.41) is 12.3. The lowest BCUT2D eigenvalue weighted by Gasteiger charge is -2.30. The van der Waals surface area contributed by atoms with Crippen LogP contribution >= 0.6 is 0 Å². The maximum absolute atomic E-state index is 12.8. The van der Waals surface area contributed by atoms with E-state index in [1.807, 2.05) is 17.1 Å². The fourth-order valence-electron chi connectivity index (χ4n) is 4.63. The third-order valence-corrected chi connectivity index (χ3v) is 5.93. The topological polar surface area (TPSA) is 122 Å². The molecule has 8 nitrogen and oxygen atoms in total. The molecule has 1 aromatic rings. The van der Waals surface area contributed by atoms with Crippen LogP contribution in [0.25, 0.3) is 0 Å². The Balaban J connectivity index is 1.55. The first kappa shape index (κ1) is 18.5. The zero-order valence-electron chi connectivity index (χ0n) is 15.3. The Morgan fingerprint density at radius 3 is 2.43 bits per heavy atom. The number of anilines is 2. The molecule has 1 aliphatic heterocycles. The van der Waals surface area contributed by atoms with E-state index in [4.69, 9.17) is 10.5 Å². The predicted molar refractivity (Wildman–Crippen MR) is 102 cm³/mol. The summed E-state index contributed by atoms with van der Waals surface area (Å²) < 4.78 is 5.34. The molecule has 2 aliphatic carbocycles. The third kappa shape index (κ3) is 3.24. The Labute approximate surface area is 162 Å². The number of amides is 2. The molecule has 4 N–H and O–H groups in total. The number of carbonyl (C=O) groups is 3. The molecule has 148 valence electrons. The van der Waals surface area contributed by atoms with E-state index in [-0.39, 0.29) is 17.7 Å². The van der Waals surface area contributed by atoms with Crippen molar-refractivity contribution in [3.8, 4) is 0 Å². The van der Waals surface area contributed by atoms with Gasteiger partial charge in [-0.1, -0.05) is 12.2 Å². The largest absolute Gasteiger partial charge is 0.481 e. The van der Waals surface area contributed by atoms with Crippen LogP contribution in [0.5, 0.6) is 0 Å². The van der Waals surface area contributed by atoms with Crippen molar-refractivity contribution in [2.45, 2.75) is 6.42 Å². The second-order valence-corrected chi connectivity index (χ2v) is 7.52. The van der Waals surface area contributed by atoms with Crippen molar-refractivity contribution in [1.29, 1.82) is 0 Å². The Kier molecular flexibility index (Phi) is 4.80. The molecule has 1 saturated carbocycles. The number of ether oxygens (including phenoxy) is 1. The van der Waals surface area contributed by atoms with Crippen LogP contribution in [0.3, 0.4) is 0 Å². The molecule has 4 rings (SSSR count). The Morgan fingerprint density at radius 2 is 1.79 bits per heavy atom. The smallest absolute Gasteiger partial charge is 0.307 e. The van der Waals surface area contributed by atoms with Gasteiger partial charge in [-0.05, 0) is 36.5 Å². The number of aliphatic carboxylic acids is 1. The lowest BCUT2D eigenvalue weighted by Crippen LogP contribution is -2.38. The zero-order chi connectivity index (χ0) is 19.8. The van der Waals surface area contributed by atoms with Crippen molar-refractivity contribution in [2.75, 3.05) is 36.5 Å². The molecular formula is C20H23N3O5. The molecule has 2 fully saturated rings. The number of nitrogens with zero attached hydrogens (tertiary/aromatic N) is 1. The molecule has 0 unspecified atom stereocenters. The zero-order valence-corrected chi connectivity index (χ0v) is 15.3. The van der Waals surface area contributed by atoms with Crippen LogP contribution in [0.1, 0.15) is 16.8 Å². The lowest BCUT2D eigenvalue weighted by molar-refractivity contribution is -0.146. The van der Waals surface area contributed by atoms with Crippen molar-refractivity contribution < 1.29 is 24.2 Å².